The summed E-state index contributed by atoms with van der Waals surface area (Å²) in [6.45, 7) is 4.48. The Hall–Kier alpha value is -1.98. The molecular weight excluding hydrogens is 476 g/mol. The molecule has 2 aromatic rings. The molecule has 150 valence electrons. The Kier molecular flexibility index (Phi) is 8.86. The van der Waals surface area contributed by atoms with E-state index in [-0.39, 0.29) is 42.2 Å². The predicted molar refractivity (Wildman–Crippen MR) is 106 cm³/mol. The van der Waals surface area contributed by atoms with Gasteiger partial charge in [-0.15, -0.1) is 37.1 Å². The fourth-order valence-corrected chi connectivity index (χ4v) is 2.13. The van der Waals surface area contributed by atoms with Gasteiger partial charge in [-0.3, -0.25) is 4.99 Å². The highest BCUT2D eigenvalue weighted by Gasteiger charge is 2.31. The number of nitrogens with zero attached hydrogens (tertiary/aromatic N) is 2. The van der Waals surface area contributed by atoms with Crippen LogP contribution in [0.15, 0.2) is 39.8 Å². The highest BCUT2D eigenvalue weighted by molar-refractivity contribution is 14.0. The number of benzene rings is 1. The first-order chi connectivity index (χ1) is 12.3. The van der Waals surface area contributed by atoms with E-state index >= 15 is 0 Å². The zero-order valence-electron chi connectivity index (χ0n) is 15.1. The van der Waals surface area contributed by atoms with E-state index in [2.05, 4.69) is 25.5 Å². The van der Waals surface area contributed by atoms with Crippen molar-refractivity contribution in [2.24, 2.45) is 4.99 Å². The zero-order valence-corrected chi connectivity index (χ0v) is 17.5. The second-order valence-electron chi connectivity index (χ2n) is 5.81. The van der Waals surface area contributed by atoms with E-state index < -0.39 is 6.36 Å². The fourth-order valence-electron chi connectivity index (χ4n) is 2.13. The van der Waals surface area contributed by atoms with E-state index in [0.29, 0.717) is 23.8 Å². The van der Waals surface area contributed by atoms with E-state index in [4.69, 9.17) is 4.52 Å². The van der Waals surface area contributed by atoms with Crippen molar-refractivity contribution in [3.63, 3.8) is 0 Å². The van der Waals surface area contributed by atoms with Crippen LogP contribution >= 0.6 is 24.0 Å². The summed E-state index contributed by atoms with van der Waals surface area (Å²) < 4.78 is 46.6. The molecule has 27 heavy (non-hydrogen) atoms. The topological polar surface area (TPSA) is 71.7 Å². The molecule has 0 atom stereocenters. The minimum absolute atomic E-state index is 0. The van der Waals surface area contributed by atoms with E-state index in [1.807, 2.05) is 19.9 Å². The van der Waals surface area contributed by atoms with Gasteiger partial charge in [0, 0.05) is 25.2 Å². The van der Waals surface area contributed by atoms with Crippen molar-refractivity contribution in [2.75, 3.05) is 7.05 Å². The van der Waals surface area contributed by atoms with Gasteiger partial charge >= 0.3 is 6.36 Å². The summed E-state index contributed by atoms with van der Waals surface area (Å²) >= 11 is 0. The second-order valence-corrected chi connectivity index (χ2v) is 5.81. The number of ether oxygens (including phenoxy) is 1. The molecule has 0 bridgehead atoms. The molecule has 1 aromatic heterocycles. The maximum absolute atomic E-state index is 12.5. The lowest BCUT2D eigenvalue weighted by Gasteiger charge is -2.15. The molecule has 6 nitrogen and oxygen atoms in total. The molecule has 1 heterocycles. The number of aliphatic imine (C=N–C) groups is 1. The van der Waals surface area contributed by atoms with Gasteiger partial charge in [-0.1, -0.05) is 37.2 Å². The van der Waals surface area contributed by atoms with Gasteiger partial charge in [0.05, 0.1) is 12.2 Å². The quantitative estimate of drug-likeness (QED) is 0.356. The van der Waals surface area contributed by atoms with Crippen molar-refractivity contribution in [3.8, 4) is 5.75 Å². The standard InChI is InChI=1S/C17H21F3N4O2.HI/c1-11(2)14-8-13(26-24-14)10-23-16(21-3)22-9-12-6-4-5-7-15(12)25-17(18,19)20;/h4-8,11H,9-10H2,1-3H3,(H2,21,22,23);1H. The normalized spacial score (nSPS) is 11.9. The van der Waals surface area contributed by atoms with E-state index in [1.54, 1.807) is 19.2 Å². The number of halogens is 4. The maximum atomic E-state index is 12.5. The summed E-state index contributed by atoms with van der Waals surface area (Å²) in [6, 6.07) is 7.78. The molecular formula is C17H22F3IN4O2. The molecule has 0 saturated heterocycles. The number of rotatable bonds is 6. The molecule has 0 saturated carbocycles. The first-order valence-electron chi connectivity index (χ1n) is 8.02. The van der Waals surface area contributed by atoms with Crippen LogP contribution in [-0.2, 0) is 13.1 Å². The van der Waals surface area contributed by atoms with Crippen molar-refractivity contribution < 1.29 is 22.4 Å². The lowest BCUT2D eigenvalue weighted by atomic mass is 10.1. The maximum Gasteiger partial charge on any atom is 0.573 e. The van der Waals surface area contributed by atoms with Crippen molar-refractivity contribution in [3.05, 3.63) is 47.3 Å². The third-order valence-corrected chi connectivity index (χ3v) is 3.47. The van der Waals surface area contributed by atoms with Gasteiger partial charge in [-0.2, -0.15) is 0 Å². The number of hydrogen-bond donors (Lipinski definition) is 2. The molecule has 0 fully saturated rings. The average molecular weight is 498 g/mol. The van der Waals surface area contributed by atoms with Gasteiger partial charge < -0.3 is 19.9 Å². The molecule has 10 heteroatoms. The third kappa shape index (κ3) is 7.65. The Morgan fingerprint density at radius 2 is 1.89 bits per heavy atom. The first-order valence-corrected chi connectivity index (χ1v) is 8.02. The number of aromatic nitrogens is 1. The number of nitrogens with one attached hydrogen (secondary N) is 2. The molecule has 0 spiro atoms. The van der Waals surface area contributed by atoms with Crippen LogP contribution in [0, 0.1) is 0 Å². The Bertz CT molecular complexity index is 748. The van der Waals surface area contributed by atoms with Crippen LogP contribution in [0.2, 0.25) is 0 Å². The second kappa shape index (κ2) is 10.4. The van der Waals surface area contributed by atoms with Gasteiger partial charge in [0.15, 0.2) is 11.7 Å². The third-order valence-electron chi connectivity index (χ3n) is 3.47. The fraction of sp³-hybridized carbons (Fsp3) is 0.412. The molecule has 1 aromatic carbocycles. The van der Waals surface area contributed by atoms with Crippen LogP contribution in [0.1, 0.15) is 36.8 Å². The van der Waals surface area contributed by atoms with Gasteiger partial charge in [0.25, 0.3) is 0 Å². The lowest BCUT2D eigenvalue weighted by molar-refractivity contribution is -0.274. The van der Waals surface area contributed by atoms with E-state index in [0.717, 1.165) is 5.69 Å². The monoisotopic (exact) mass is 498 g/mol. The average Bonchev–Trinajstić information content (AvgIpc) is 3.04. The summed E-state index contributed by atoms with van der Waals surface area (Å²) in [5, 5.41) is 9.92. The van der Waals surface area contributed by atoms with Crippen LogP contribution in [0.25, 0.3) is 0 Å². The molecule has 0 aliphatic carbocycles. The number of para-hydroxylation sites is 1. The van der Waals surface area contributed by atoms with Crippen molar-refractivity contribution in [1.29, 1.82) is 0 Å². The molecule has 0 radical (unpaired) electrons. The molecule has 0 aliphatic rings. The Morgan fingerprint density at radius 1 is 1.22 bits per heavy atom. The van der Waals surface area contributed by atoms with Crippen LogP contribution in [0.4, 0.5) is 13.2 Å². The summed E-state index contributed by atoms with van der Waals surface area (Å²) in [6.07, 6.45) is -4.74. The summed E-state index contributed by atoms with van der Waals surface area (Å²) in [5.74, 6) is 1.06. The lowest BCUT2D eigenvalue weighted by Crippen LogP contribution is -2.36. The number of hydrogen-bond acceptors (Lipinski definition) is 4. The summed E-state index contributed by atoms with van der Waals surface area (Å²) in [5.41, 5.74) is 1.21. The smallest absolute Gasteiger partial charge is 0.405 e. The number of guanidine groups is 1. The van der Waals surface area contributed by atoms with Crippen molar-refractivity contribution in [1.82, 2.24) is 15.8 Å². The van der Waals surface area contributed by atoms with Gasteiger partial charge in [-0.05, 0) is 12.0 Å². The molecule has 2 N–H and O–H groups in total. The highest BCUT2D eigenvalue weighted by Crippen LogP contribution is 2.26. The molecule has 0 amide bonds. The van der Waals surface area contributed by atoms with E-state index in [1.165, 1.54) is 12.1 Å². The van der Waals surface area contributed by atoms with Gasteiger partial charge in [0.2, 0.25) is 0 Å². The summed E-state index contributed by atoms with van der Waals surface area (Å²) in [4.78, 5) is 4.03. The SMILES string of the molecule is CN=C(NCc1cc(C(C)C)no1)NCc1ccccc1OC(F)(F)F.I. The first kappa shape index (κ1) is 23.1. The molecule has 2 rings (SSSR count). The minimum Gasteiger partial charge on any atom is -0.405 e. The van der Waals surface area contributed by atoms with Crippen LogP contribution in [-0.4, -0.2) is 24.5 Å². The van der Waals surface area contributed by atoms with Gasteiger partial charge in [-0.25, -0.2) is 0 Å². The predicted octanol–water partition coefficient (Wildman–Crippen LogP) is 4.18. The van der Waals surface area contributed by atoms with Crippen molar-refractivity contribution in [2.45, 2.75) is 39.2 Å². The minimum atomic E-state index is -4.74. The number of alkyl halides is 3. The van der Waals surface area contributed by atoms with Gasteiger partial charge in [0.1, 0.15) is 5.75 Å². The molecule has 0 aliphatic heterocycles. The zero-order chi connectivity index (χ0) is 19.2. The Labute approximate surface area is 172 Å². The van der Waals surface area contributed by atoms with Crippen LogP contribution < -0.4 is 15.4 Å². The largest absolute Gasteiger partial charge is 0.573 e. The van der Waals surface area contributed by atoms with E-state index in [9.17, 15) is 13.2 Å². The van der Waals surface area contributed by atoms with Crippen LogP contribution in [0.5, 0.6) is 5.75 Å². The van der Waals surface area contributed by atoms with Crippen LogP contribution in [0.3, 0.4) is 0 Å². The van der Waals surface area contributed by atoms with Crippen molar-refractivity contribution >= 4 is 29.9 Å². The highest BCUT2D eigenvalue weighted by atomic mass is 127. The summed E-state index contributed by atoms with van der Waals surface area (Å²) in [7, 11) is 1.56. The Morgan fingerprint density at radius 3 is 2.48 bits per heavy atom. The Balaban J connectivity index is 0.00000364. The molecule has 0 unspecified atom stereocenters.